The molecule has 84 valence electrons. The van der Waals surface area contributed by atoms with Crippen molar-refractivity contribution in [3.8, 4) is 0 Å². The van der Waals surface area contributed by atoms with Gasteiger partial charge in [-0.1, -0.05) is 13.8 Å². The molecule has 0 aromatic rings. The van der Waals surface area contributed by atoms with Crippen molar-refractivity contribution in [1.29, 1.82) is 0 Å². The van der Waals surface area contributed by atoms with Crippen LogP contribution in [0.25, 0.3) is 0 Å². The van der Waals surface area contributed by atoms with Crippen molar-refractivity contribution in [2.45, 2.75) is 39.3 Å². The van der Waals surface area contributed by atoms with Crippen LogP contribution in [0.4, 0.5) is 0 Å². The van der Waals surface area contributed by atoms with E-state index in [-0.39, 0.29) is 0 Å². The second kappa shape index (κ2) is 6.38. The quantitative estimate of drug-likeness (QED) is 0.659. The third-order valence-electron chi connectivity index (χ3n) is 2.71. The van der Waals surface area contributed by atoms with Gasteiger partial charge < -0.3 is 14.8 Å². The van der Waals surface area contributed by atoms with Crippen molar-refractivity contribution >= 4 is 0 Å². The lowest BCUT2D eigenvalue weighted by Gasteiger charge is -2.14. The summed E-state index contributed by atoms with van der Waals surface area (Å²) in [5, 5.41) is 3.48. The highest BCUT2D eigenvalue weighted by atomic mass is 16.5. The highest BCUT2D eigenvalue weighted by molar-refractivity contribution is 4.84. The number of hydrogen-bond donors (Lipinski definition) is 1. The summed E-state index contributed by atoms with van der Waals surface area (Å²) in [6.45, 7) is 9.73. The minimum absolute atomic E-state index is 0.392. The minimum Gasteiger partial charge on any atom is -0.379 e. The van der Waals surface area contributed by atoms with Crippen LogP contribution in [-0.4, -0.2) is 38.5 Å². The zero-order valence-electron chi connectivity index (χ0n) is 9.58. The standard InChI is InChI=1S/C11H23NO2/c1-4-13-5-6-14-10-7-11(9(2)3)12-8-10/h9-12H,4-8H2,1-3H3/t10-,11+/m1/s1. The summed E-state index contributed by atoms with van der Waals surface area (Å²) in [6, 6.07) is 0.632. The van der Waals surface area contributed by atoms with E-state index >= 15 is 0 Å². The number of hydrogen-bond acceptors (Lipinski definition) is 3. The molecule has 0 aliphatic carbocycles. The molecule has 0 unspecified atom stereocenters. The zero-order chi connectivity index (χ0) is 10.4. The lowest BCUT2D eigenvalue weighted by atomic mass is 10.0. The second-order valence-corrected chi connectivity index (χ2v) is 4.18. The lowest BCUT2D eigenvalue weighted by molar-refractivity contribution is 0.0148. The summed E-state index contributed by atoms with van der Waals surface area (Å²) < 4.78 is 10.9. The predicted molar refractivity (Wildman–Crippen MR) is 57.5 cm³/mol. The predicted octanol–water partition coefficient (Wildman–Crippen LogP) is 1.43. The summed E-state index contributed by atoms with van der Waals surface area (Å²) in [5.74, 6) is 0.704. The Kier molecular flexibility index (Phi) is 5.45. The molecule has 0 aromatic carbocycles. The van der Waals surface area contributed by atoms with Crippen LogP contribution >= 0.6 is 0 Å². The largest absolute Gasteiger partial charge is 0.379 e. The monoisotopic (exact) mass is 201 g/mol. The molecule has 0 saturated carbocycles. The Morgan fingerprint density at radius 1 is 1.36 bits per heavy atom. The van der Waals surface area contributed by atoms with Crippen LogP contribution in [0.5, 0.6) is 0 Å². The van der Waals surface area contributed by atoms with Gasteiger partial charge in [0.05, 0.1) is 19.3 Å². The van der Waals surface area contributed by atoms with Gasteiger partial charge >= 0.3 is 0 Å². The van der Waals surface area contributed by atoms with E-state index in [0.29, 0.717) is 18.1 Å². The van der Waals surface area contributed by atoms with Gasteiger partial charge in [-0.25, -0.2) is 0 Å². The fourth-order valence-corrected chi connectivity index (χ4v) is 1.79. The van der Waals surface area contributed by atoms with Gasteiger partial charge in [0.1, 0.15) is 0 Å². The average Bonchev–Trinajstić information content (AvgIpc) is 2.61. The molecule has 1 saturated heterocycles. The molecule has 2 atom stereocenters. The Morgan fingerprint density at radius 2 is 2.14 bits per heavy atom. The number of nitrogens with one attached hydrogen (secondary N) is 1. The van der Waals surface area contributed by atoms with Crippen molar-refractivity contribution < 1.29 is 9.47 Å². The van der Waals surface area contributed by atoms with E-state index in [4.69, 9.17) is 9.47 Å². The van der Waals surface area contributed by atoms with E-state index in [9.17, 15) is 0 Å². The van der Waals surface area contributed by atoms with E-state index in [2.05, 4.69) is 19.2 Å². The van der Waals surface area contributed by atoms with Crippen LogP contribution in [0.2, 0.25) is 0 Å². The molecule has 1 heterocycles. The van der Waals surface area contributed by atoms with Gasteiger partial charge in [-0.15, -0.1) is 0 Å². The summed E-state index contributed by atoms with van der Waals surface area (Å²) in [7, 11) is 0. The molecule has 3 heteroatoms. The third-order valence-corrected chi connectivity index (χ3v) is 2.71. The Hall–Kier alpha value is -0.120. The highest BCUT2D eigenvalue weighted by Crippen LogP contribution is 2.16. The highest BCUT2D eigenvalue weighted by Gasteiger charge is 2.26. The van der Waals surface area contributed by atoms with Crippen molar-refractivity contribution in [2.24, 2.45) is 5.92 Å². The molecule has 0 amide bonds. The molecule has 3 nitrogen and oxygen atoms in total. The molecule has 1 N–H and O–H groups in total. The van der Waals surface area contributed by atoms with Crippen LogP contribution in [0, 0.1) is 5.92 Å². The molecule has 1 fully saturated rings. The van der Waals surface area contributed by atoms with E-state index in [1.807, 2.05) is 6.92 Å². The van der Waals surface area contributed by atoms with E-state index in [0.717, 1.165) is 32.8 Å². The summed E-state index contributed by atoms with van der Waals surface area (Å²) >= 11 is 0. The van der Waals surface area contributed by atoms with Gasteiger partial charge in [-0.2, -0.15) is 0 Å². The Morgan fingerprint density at radius 3 is 2.71 bits per heavy atom. The van der Waals surface area contributed by atoms with E-state index in [1.165, 1.54) is 0 Å². The Labute approximate surface area is 87.2 Å². The van der Waals surface area contributed by atoms with Crippen LogP contribution in [0.1, 0.15) is 27.2 Å². The van der Waals surface area contributed by atoms with Crippen LogP contribution < -0.4 is 5.32 Å². The van der Waals surface area contributed by atoms with Gasteiger partial charge in [-0.3, -0.25) is 0 Å². The normalized spacial score (nSPS) is 27.4. The lowest BCUT2D eigenvalue weighted by Crippen LogP contribution is -2.26. The fraction of sp³-hybridized carbons (Fsp3) is 1.00. The number of ether oxygens (including phenoxy) is 2. The second-order valence-electron chi connectivity index (χ2n) is 4.18. The van der Waals surface area contributed by atoms with Crippen molar-refractivity contribution in [3.63, 3.8) is 0 Å². The molecule has 1 rings (SSSR count). The first-order valence-corrected chi connectivity index (χ1v) is 5.66. The third kappa shape index (κ3) is 3.95. The van der Waals surface area contributed by atoms with Gasteiger partial charge in [0, 0.05) is 19.2 Å². The zero-order valence-corrected chi connectivity index (χ0v) is 9.58. The maximum Gasteiger partial charge on any atom is 0.0715 e. The molecule has 1 aliphatic heterocycles. The minimum atomic E-state index is 0.392. The van der Waals surface area contributed by atoms with E-state index < -0.39 is 0 Å². The van der Waals surface area contributed by atoms with Crippen molar-refractivity contribution in [2.75, 3.05) is 26.4 Å². The maximum atomic E-state index is 5.70. The van der Waals surface area contributed by atoms with Crippen LogP contribution in [0.3, 0.4) is 0 Å². The molecule has 1 aliphatic rings. The van der Waals surface area contributed by atoms with E-state index in [1.54, 1.807) is 0 Å². The number of rotatable bonds is 6. The topological polar surface area (TPSA) is 30.5 Å². The summed E-state index contributed by atoms with van der Waals surface area (Å²) in [4.78, 5) is 0. The molecule has 14 heavy (non-hydrogen) atoms. The van der Waals surface area contributed by atoms with Gasteiger partial charge in [-0.05, 0) is 19.3 Å². The first-order valence-electron chi connectivity index (χ1n) is 5.66. The molecule has 0 aromatic heterocycles. The smallest absolute Gasteiger partial charge is 0.0715 e. The van der Waals surface area contributed by atoms with Gasteiger partial charge in [0.2, 0.25) is 0 Å². The molecule has 0 radical (unpaired) electrons. The van der Waals surface area contributed by atoms with Crippen LogP contribution in [-0.2, 0) is 9.47 Å². The van der Waals surface area contributed by atoms with Gasteiger partial charge in [0.25, 0.3) is 0 Å². The fourth-order valence-electron chi connectivity index (χ4n) is 1.79. The van der Waals surface area contributed by atoms with Crippen molar-refractivity contribution in [3.05, 3.63) is 0 Å². The van der Waals surface area contributed by atoms with Crippen molar-refractivity contribution in [1.82, 2.24) is 5.32 Å². The molecular formula is C11H23NO2. The molecule has 0 bridgehead atoms. The Balaban J connectivity index is 2.04. The summed E-state index contributed by atoms with van der Waals surface area (Å²) in [5.41, 5.74) is 0. The maximum absolute atomic E-state index is 5.70. The van der Waals surface area contributed by atoms with Gasteiger partial charge in [0.15, 0.2) is 0 Å². The average molecular weight is 201 g/mol. The molecular weight excluding hydrogens is 178 g/mol. The first kappa shape index (κ1) is 12.0. The SMILES string of the molecule is CCOCCO[C@H]1CN[C@H](C(C)C)C1. The molecule has 0 spiro atoms. The summed E-state index contributed by atoms with van der Waals surface area (Å²) in [6.07, 6.45) is 1.53. The Bertz CT molecular complexity index is 150. The first-order chi connectivity index (χ1) is 6.74. The van der Waals surface area contributed by atoms with Crippen LogP contribution in [0.15, 0.2) is 0 Å².